The van der Waals surface area contributed by atoms with Gasteiger partial charge in [-0.3, -0.25) is 5.32 Å². The largest absolute Gasteiger partial charge is 0.633 e. The zero-order chi connectivity index (χ0) is 6.69. The quantitative estimate of drug-likeness (QED) is 0.475. The van der Waals surface area contributed by atoms with Crippen molar-refractivity contribution in [2.24, 2.45) is 0 Å². The molecule has 1 aliphatic heterocycles. The van der Waals surface area contributed by atoms with Gasteiger partial charge in [0.05, 0.1) is 13.1 Å². The lowest BCUT2D eigenvalue weighted by Crippen LogP contribution is -3.10. The van der Waals surface area contributed by atoms with Crippen molar-refractivity contribution in [2.75, 3.05) is 13.1 Å². The molecule has 0 aromatic heterocycles. The molecule has 0 bridgehead atoms. The summed E-state index contributed by atoms with van der Waals surface area (Å²) in [6, 6.07) is 0. The van der Waals surface area contributed by atoms with E-state index in [2.05, 4.69) is 12.2 Å². The van der Waals surface area contributed by atoms with Crippen molar-refractivity contribution in [3.8, 4) is 0 Å². The normalized spacial score (nSPS) is 35.3. The molecule has 1 fully saturated rings. The van der Waals surface area contributed by atoms with E-state index >= 15 is 0 Å². The van der Waals surface area contributed by atoms with E-state index in [1.807, 2.05) is 0 Å². The molecule has 3 heteroatoms. The highest BCUT2D eigenvalue weighted by molar-refractivity contribution is 4.59. The van der Waals surface area contributed by atoms with Crippen LogP contribution < -0.4 is 10.4 Å². The van der Waals surface area contributed by atoms with E-state index < -0.39 is 0 Å². The van der Waals surface area contributed by atoms with Crippen molar-refractivity contribution >= 4 is 0 Å². The first kappa shape index (κ1) is 6.99. The van der Waals surface area contributed by atoms with Crippen molar-refractivity contribution < 1.29 is 5.06 Å². The molecule has 1 heterocycles. The van der Waals surface area contributed by atoms with Gasteiger partial charge in [-0.2, -0.15) is 0 Å². The summed E-state index contributed by atoms with van der Waals surface area (Å²) in [6.07, 6.45) is 2.30. The van der Waals surface area contributed by atoms with E-state index in [9.17, 15) is 5.21 Å². The predicted octanol–water partition coefficient (Wildman–Crippen LogP) is -0.901. The van der Waals surface area contributed by atoms with Crippen molar-refractivity contribution in [1.29, 1.82) is 0 Å². The molecular weight excluding hydrogens is 116 g/mol. The third kappa shape index (κ3) is 1.64. The highest BCUT2D eigenvalue weighted by atomic mass is 16.5. The third-order valence-corrected chi connectivity index (χ3v) is 1.73. The Morgan fingerprint density at radius 2 is 2.56 bits per heavy atom. The standard InChI is InChI=1S/C6H14N2O/c1-2-3-6-7-4-5-8(6)9/h6-8H,2-5H2,1H3. The molecule has 0 aromatic carbocycles. The SMILES string of the molecule is CCCC1NCC[NH+]1[O-]. The highest BCUT2D eigenvalue weighted by Gasteiger charge is 2.19. The van der Waals surface area contributed by atoms with E-state index in [1.54, 1.807) is 0 Å². The minimum absolute atomic E-state index is 0.190. The fourth-order valence-electron chi connectivity index (χ4n) is 1.21. The van der Waals surface area contributed by atoms with Gasteiger partial charge in [0, 0.05) is 6.42 Å². The number of rotatable bonds is 2. The Morgan fingerprint density at radius 1 is 1.78 bits per heavy atom. The van der Waals surface area contributed by atoms with Crippen LogP contribution >= 0.6 is 0 Å². The molecule has 2 atom stereocenters. The van der Waals surface area contributed by atoms with Crippen LogP contribution in [-0.4, -0.2) is 19.3 Å². The predicted molar refractivity (Wildman–Crippen MR) is 35.9 cm³/mol. The number of quaternary nitrogens is 1. The van der Waals surface area contributed by atoms with Gasteiger partial charge in [-0.15, -0.1) is 0 Å². The molecule has 0 aliphatic carbocycles. The van der Waals surface area contributed by atoms with Crippen LogP contribution in [0.2, 0.25) is 0 Å². The average molecular weight is 130 g/mol. The Balaban J connectivity index is 2.22. The number of nitrogens with one attached hydrogen (secondary N) is 2. The van der Waals surface area contributed by atoms with Crippen molar-refractivity contribution in [3.63, 3.8) is 0 Å². The lowest BCUT2D eigenvalue weighted by atomic mass is 10.3. The molecule has 1 saturated heterocycles. The van der Waals surface area contributed by atoms with Gasteiger partial charge in [0.2, 0.25) is 0 Å². The van der Waals surface area contributed by atoms with Gasteiger partial charge in [0.25, 0.3) is 0 Å². The smallest absolute Gasteiger partial charge is 0.141 e. The molecule has 3 nitrogen and oxygen atoms in total. The maximum Gasteiger partial charge on any atom is 0.141 e. The molecule has 2 unspecified atom stereocenters. The number of hydrogen-bond donors (Lipinski definition) is 2. The second-order valence-corrected chi connectivity index (χ2v) is 2.51. The molecule has 0 radical (unpaired) electrons. The van der Waals surface area contributed by atoms with Gasteiger partial charge >= 0.3 is 0 Å². The lowest BCUT2D eigenvalue weighted by molar-refractivity contribution is -0.862. The van der Waals surface area contributed by atoms with Gasteiger partial charge in [0.1, 0.15) is 6.17 Å². The minimum Gasteiger partial charge on any atom is -0.633 e. The zero-order valence-electron chi connectivity index (χ0n) is 5.81. The molecule has 0 aromatic rings. The van der Waals surface area contributed by atoms with Crippen molar-refractivity contribution in [1.82, 2.24) is 5.32 Å². The summed E-state index contributed by atoms with van der Waals surface area (Å²) >= 11 is 0. The molecule has 0 saturated carbocycles. The van der Waals surface area contributed by atoms with Crippen molar-refractivity contribution in [2.45, 2.75) is 25.9 Å². The topological polar surface area (TPSA) is 39.5 Å². The molecule has 54 valence electrons. The monoisotopic (exact) mass is 130 g/mol. The first-order valence-corrected chi connectivity index (χ1v) is 3.60. The Bertz CT molecular complexity index is 87.1. The van der Waals surface area contributed by atoms with Crippen molar-refractivity contribution in [3.05, 3.63) is 5.21 Å². The fraction of sp³-hybridized carbons (Fsp3) is 1.00. The van der Waals surface area contributed by atoms with Crippen LogP contribution in [0.3, 0.4) is 0 Å². The summed E-state index contributed by atoms with van der Waals surface area (Å²) in [7, 11) is 0. The molecule has 0 spiro atoms. The maximum atomic E-state index is 10.9. The molecule has 1 rings (SSSR count). The van der Waals surface area contributed by atoms with E-state index in [0.717, 1.165) is 25.9 Å². The number of hydrogen-bond acceptors (Lipinski definition) is 2. The fourth-order valence-corrected chi connectivity index (χ4v) is 1.21. The summed E-state index contributed by atoms with van der Waals surface area (Å²) in [5, 5.41) is 14.5. The minimum atomic E-state index is 0.190. The van der Waals surface area contributed by atoms with Crippen LogP contribution in [0.4, 0.5) is 0 Å². The Kier molecular flexibility index (Phi) is 2.45. The second kappa shape index (κ2) is 3.15. The summed E-state index contributed by atoms with van der Waals surface area (Å²) in [6.45, 7) is 3.74. The van der Waals surface area contributed by atoms with Crippen LogP contribution in [0.15, 0.2) is 0 Å². The first-order valence-electron chi connectivity index (χ1n) is 3.60. The molecular formula is C6H14N2O. The van der Waals surface area contributed by atoms with Crippen LogP contribution in [0.25, 0.3) is 0 Å². The third-order valence-electron chi connectivity index (χ3n) is 1.73. The molecule has 0 amide bonds. The summed E-state index contributed by atoms with van der Waals surface area (Å²) in [5.74, 6) is 0. The van der Waals surface area contributed by atoms with Crippen LogP contribution in [-0.2, 0) is 0 Å². The summed E-state index contributed by atoms with van der Waals surface area (Å²) < 4.78 is 0. The summed E-state index contributed by atoms with van der Waals surface area (Å²) in [5.41, 5.74) is 0. The zero-order valence-corrected chi connectivity index (χ0v) is 5.81. The Labute approximate surface area is 55.6 Å². The van der Waals surface area contributed by atoms with Crippen LogP contribution in [0, 0.1) is 5.21 Å². The highest BCUT2D eigenvalue weighted by Crippen LogP contribution is 1.90. The lowest BCUT2D eigenvalue weighted by Gasteiger charge is -2.22. The molecule has 9 heavy (non-hydrogen) atoms. The van der Waals surface area contributed by atoms with E-state index in [0.29, 0.717) is 5.06 Å². The first-order chi connectivity index (χ1) is 4.34. The van der Waals surface area contributed by atoms with Gasteiger partial charge in [-0.05, 0) is 6.42 Å². The van der Waals surface area contributed by atoms with Gasteiger partial charge in [-0.25, -0.2) is 0 Å². The maximum absolute atomic E-state index is 10.9. The van der Waals surface area contributed by atoms with E-state index in [-0.39, 0.29) is 6.17 Å². The van der Waals surface area contributed by atoms with Crippen LogP contribution in [0.1, 0.15) is 19.8 Å². The summed E-state index contributed by atoms with van der Waals surface area (Å²) in [4.78, 5) is 0. The second-order valence-electron chi connectivity index (χ2n) is 2.51. The van der Waals surface area contributed by atoms with E-state index in [1.165, 1.54) is 0 Å². The van der Waals surface area contributed by atoms with Gasteiger partial charge in [0.15, 0.2) is 0 Å². The average Bonchev–Trinajstić information content (AvgIpc) is 2.18. The molecule has 1 aliphatic rings. The molecule has 2 N–H and O–H groups in total. The Hall–Kier alpha value is -0.120. The van der Waals surface area contributed by atoms with Gasteiger partial charge in [-0.1, -0.05) is 6.92 Å². The number of hydroxylamine groups is 2. The Morgan fingerprint density at radius 3 is 3.00 bits per heavy atom. The van der Waals surface area contributed by atoms with Crippen LogP contribution in [0.5, 0.6) is 0 Å². The van der Waals surface area contributed by atoms with Gasteiger partial charge < -0.3 is 10.3 Å². The van der Waals surface area contributed by atoms with E-state index in [4.69, 9.17) is 0 Å².